The average Bonchev–Trinajstić information content (AvgIpc) is 3.32. The van der Waals surface area contributed by atoms with Gasteiger partial charge in [0.2, 0.25) is 5.89 Å². The molecule has 0 radical (unpaired) electrons. The van der Waals surface area contributed by atoms with Crippen molar-refractivity contribution in [3.8, 4) is 0 Å². The fourth-order valence-corrected chi connectivity index (χ4v) is 3.54. The molecule has 6 nitrogen and oxygen atoms in total. The van der Waals surface area contributed by atoms with E-state index >= 15 is 0 Å². The lowest BCUT2D eigenvalue weighted by molar-refractivity contribution is 0.0719. The summed E-state index contributed by atoms with van der Waals surface area (Å²) in [4.78, 5) is 19.6. The number of carbonyl (C=O) groups excluding carboxylic acids is 1. The molecule has 1 atom stereocenters. The molecule has 1 aliphatic rings. The second-order valence-corrected chi connectivity index (χ2v) is 6.95. The Bertz CT molecular complexity index is 925. The topological polar surface area (TPSA) is 64.2 Å². The van der Waals surface area contributed by atoms with Crippen molar-refractivity contribution in [3.05, 3.63) is 47.7 Å². The largest absolute Gasteiger partial charge is 0.340 e. The first-order chi connectivity index (χ1) is 12.1. The van der Waals surface area contributed by atoms with E-state index in [4.69, 9.17) is 4.52 Å². The zero-order valence-corrected chi connectivity index (χ0v) is 14.8. The maximum atomic E-state index is 13.2. The van der Waals surface area contributed by atoms with Crippen molar-refractivity contribution in [1.82, 2.24) is 19.6 Å². The van der Waals surface area contributed by atoms with Gasteiger partial charge in [0, 0.05) is 30.4 Å². The van der Waals surface area contributed by atoms with Crippen LogP contribution < -0.4 is 0 Å². The number of fused-ring (bicyclic) bond motifs is 1. The predicted octanol–water partition coefficient (Wildman–Crippen LogP) is 3.66. The Morgan fingerprint density at radius 1 is 1.32 bits per heavy atom. The lowest BCUT2D eigenvalue weighted by Gasteiger charge is -2.22. The van der Waals surface area contributed by atoms with Gasteiger partial charge in [-0.2, -0.15) is 4.98 Å². The third kappa shape index (κ3) is 2.62. The Labute approximate surface area is 146 Å². The normalized spacial score (nSPS) is 17.8. The van der Waals surface area contributed by atoms with Crippen LogP contribution in [0.1, 0.15) is 60.9 Å². The van der Waals surface area contributed by atoms with E-state index in [1.807, 2.05) is 60.7 Å². The third-order valence-corrected chi connectivity index (χ3v) is 4.93. The van der Waals surface area contributed by atoms with Crippen molar-refractivity contribution >= 4 is 16.8 Å². The Hall–Kier alpha value is -2.63. The molecule has 1 aromatic carbocycles. The first kappa shape index (κ1) is 15.9. The van der Waals surface area contributed by atoms with Crippen molar-refractivity contribution in [2.45, 2.75) is 38.6 Å². The Balaban J connectivity index is 1.66. The van der Waals surface area contributed by atoms with Crippen molar-refractivity contribution < 1.29 is 9.32 Å². The monoisotopic (exact) mass is 338 g/mol. The quantitative estimate of drug-likeness (QED) is 0.731. The highest BCUT2D eigenvalue weighted by Gasteiger charge is 2.35. The number of para-hydroxylation sites is 1. The van der Waals surface area contributed by atoms with Gasteiger partial charge in [-0.25, -0.2) is 0 Å². The van der Waals surface area contributed by atoms with Crippen molar-refractivity contribution in [2.75, 3.05) is 6.54 Å². The predicted molar refractivity (Wildman–Crippen MR) is 94.3 cm³/mol. The van der Waals surface area contributed by atoms with E-state index < -0.39 is 0 Å². The van der Waals surface area contributed by atoms with Crippen LogP contribution in [0.15, 0.2) is 34.9 Å². The van der Waals surface area contributed by atoms with Crippen LogP contribution in [-0.4, -0.2) is 32.1 Å². The van der Waals surface area contributed by atoms with E-state index in [1.165, 1.54) is 0 Å². The van der Waals surface area contributed by atoms with Crippen molar-refractivity contribution in [3.63, 3.8) is 0 Å². The summed E-state index contributed by atoms with van der Waals surface area (Å²) in [5.74, 6) is 1.45. The summed E-state index contributed by atoms with van der Waals surface area (Å²) in [7, 11) is 1.94. The Morgan fingerprint density at radius 2 is 2.12 bits per heavy atom. The maximum absolute atomic E-state index is 13.2. The van der Waals surface area contributed by atoms with Gasteiger partial charge in [-0.1, -0.05) is 37.2 Å². The molecule has 2 aromatic heterocycles. The van der Waals surface area contributed by atoms with E-state index in [-0.39, 0.29) is 17.9 Å². The number of hydrogen-bond donors (Lipinski definition) is 0. The fourth-order valence-electron chi connectivity index (χ4n) is 3.54. The van der Waals surface area contributed by atoms with Gasteiger partial charge in [0.25, 0.3) is 5.91 Å². The van der Waals surface area contributed by atoms with Crippen molar-refractivity contribution in [2.24, 2.45) is 7.05 Å². The van der Waals surface area contributed by atoms with E-state index in [0.717, 1.165) is 30.3 Å². The van der Waals surface area contributed by atoms with E-state index in [1.54, 1.807) is 0 Å². The van der Waals surface area contributed by atoms with E-state index in [9.17, 15) is 4.79 Å². The maximum Gasteiger partial charge on any atom is 0.271 e. The molecule has 1 amide bonds. The van der Waals surface area contributed by atoms with Crippen LogP contribution in [0.5, 0.6) is 0 Å². The molecule has 6 heteroatoms. The molecular formula is C19H22N4O2. The van der Waals surface area contributed by atoms with Gasteiger partial charge in [-0.15, -0.1) is 0 Å². The Kier molecular flexibility index (Phi) is 3.82. The van der Waals surface area contributed by atoms with Crippen LogP contribution in [0.3, 0.4) is 0 Å². The second-order valence-electron chi connectivity index (χ2n) is 6.95. The van der Waals surface area contributed by atoms with Gasteiger partial charge in [-0.05, 0) is 25.0 Å². The zero-order valence-electron chi connectivity index (χ0n) is 14.8. The van der Waals surface area contributed by atoms with E-state index in [0.29, 0.717) is 17.4 Å². The number of benzene rings is 1. The summed E-state index contributed by atoms with van der Waals surface area (Å²) >= 11 is 0. The zero-order chi connectivity index (χ0) is 17.6. The molecule has 0 aliphatic carbocycles. The first-order valence-electron chi connectivity index (χ1n) is 8.75. The highest BCUT2D eigenvalue weighted by Crippen LogP contribution is 2.33. The number of likely N-dealkylation sites (tertiary alicyclic amines) is 1. The Morgan fingerprint density at radius 3 is 2.84 bits per heavy atom. The minimum atomic E-state index is -0.109. The molecule has 0 saturated carbocycles. The molecule has 0 N–H and O–H groups in total. The molecule has 3 aromatic rings. The van der Waals surface area contributed by atoms with Crippen LogP contribution in [0.2, 0.25) is 0 Å². The molecular weight excluding hydrogens is 316 g/mol. The van der Waals surface area contributed by atoms with Gasteiger partial charge in [0.05, 0.1) is 6.04 Å². The number of rotatable bonds is 3. The molecule has 0 bridgehead atoms. The van der Waals surface area contributed by atoms with Crippen LogP contribution in [0.25, 0.3) is 10.9 Å². The highest BCUT2D eigenvalue weighted by molar-refractivity contribution is 5.99. The van der Waals surface area contributed by atoms with Crippen LogP contribution in [0, 0.1) is 0 Å². The van der Waals surface area contributed by atoms with Crippen LogP contribution >= 0.6 is 0 Å². The summed E-state index contributed by atoms with van der Waals surface area (Å²) in [6, 6.07) is 9.89. The first-order valence-corrected chi connectivity index (χ1v) is 8.75. The molecule has 0 unspecified atom stereocenters. The average molecular weight is 338 g/mol. The minimum Gasteiger partial charge on any atom is -0.340 e. The summed E-state index contributed by atoms with van der Waals surface area (Å²) in [5, 5.41) is 5.20. The lowest BCUT2D eigenvalue weighted by Crippen LogP contribution is -2.32. The summed E-state index contributed by atoms with van der Waals surface area (Å²) in [6.45, 7) is 4.76. The summed E-state index contributed by atoms with van der Waals surface area (Å²) < 4.78 is 7.30. The van der Waals surface area contributed by atoms with Crippen LogP contribution in [-0.2, 0) is 7.05 Å². The number of nitrogens with zero attached hydrogens (tertiary/aromatic N) is 4. The second kappa shape index (κ2) is 6.02. The number of carbonyl (C=O) groups is 1. The standard InChI is InChI=1S/C19H22N4O2/c1-12(2)18-20-17(21-25-18)15-9-6-10-23(15)19(24)16-11-13-7-4-5-8-14(13)22(16)3/h4-5,7-8,11-12,15H,6,9-10H2,1-3H3/t15-/m1/s1. The molecule has 4 rings (SSSR count). The number of amides is 1. The minimum absolute atomic E-state index is 0.0251. The third-order valence-electron chi connectivity index (χ3n) is 4.93. The van der Waals surface area contributed by atoms with Crippen molar-refractivity contribution in [1.29, 1.82) is 0 Å². The molecule has 1 saturated heterocycles. The van der Waals surface area contributed by atoms with Gasteiger partial charge >= 0.3 is 0 Å². The highest BCUT2D eigenvalue weighted by atomic mass is 16.5. The smallest absolute Gasteiger partial charge is 0.271 e. The summed E-state index contributed by atoms with van der Waals surface area (Å²) in [5.41, 5.74) is 1.75. The van der Waals surface area contributed by atoms with Crippen LogP contribution in [0.4, 0.5) is 0 Å². The molecule has 3 heterocycles. The van der Waals surface area contributed by atoms with E-state index in [2.05, 4.69) is 10.1 Å². The molecule has 1 fully saturated rings. The molecule has 25 heavy (non-hydrogen) atoms. The SMILES string of the molecule is CC(C)c1nc([C@H]2CCCN2C(=O)c2cc3ccccc3n2C)no1. The molecule has 1 aliphatic heterocycles. The van der Waals surface area contributed by atoms with Gasteiger partial charge in [0.15, 0.2) is 5.82 Å². The van der Waals surface area contributed by atoms with Gasteiger partial charge in [0.1, 0.15) is 5.69 Å². The lowest BCUT2D eigenvalue weighted by atomic mass is 10.2. The van der Waals surface area contributed by atoms with Gasteiger partial charge in [-0.3, -0.25) is 4.79 Å². The fraction of sp³-hybridized carbons (Fsp3) is 0.421. The summed E-state index contributed by atoms with van der Waals surface area (Å²) in [6.07, 6.45) is 1.82. The number of aromatic nitrogens is 3. The number of aryl methyl sites for hydroxylation is 1. The molecule has 130 valence electrons. The number of hydrogen-bond acceptors (Lipinski definition) is 4. The van der Waals surface area contributed by atoms with Gasteiger partial charge < -0.3 is 14.0 Å². The molecule has 0 spiro atoms.